The summed E-state index contributed by atoms with van der Waals surface area (Å²) in [6.45, 7) is 6.16. The maximum absolute atomic E-state index is 12.2. The molecule has 1 saturated heterocycles. The quantitative estimate of drug-likeness (QED) is 0.855. The fourth-order valence-electron chi connectivity index (χ4n) is 3.24. The van der Waals surface area contributed by atoms with Crippen molar-refractivity contribution in [3.63, 3.8) is 0 Å². The molecule has 0 radical (unpaired) electrons. The number of methoxy groups -OCH3 is 1. The van der Waals surface area contributed by atoms with Gasteiger partial charge in [0.25, 0.3) is 0 Å². The molecule has 0 spiro atoms. The number of hydrogen-bond donors (Lipinski definition) is 1. The number of nitrogens with one attached hydrogen (secondary N) is 1. The highest BCUT2D eigenvalue weighted by Gasteiger charge is 2.43. The lowest BCUT2D eigenvalue weighted by Gasteiger charge is -2.32. The van der Waals surface area contributed by atoms with E-state index in [1.165, 1.54) is 5.56 Å². The van der Waals surface area contributed by atoms with Crippen molar-refractivity contribution in [1.29, 1.82) is 0 Å². The van der Waals surface area contributed by atoms with Gasteiger partial charge in [-0.25, -0.2) is 0 Å². The second-order valence-electron chi connectivity index (χ2n) is 6.66. The summed E-state index contributed by atoms with van der Waals surface area (Å²) in [6, 6.07) is 8.08. The van der Waals surface area contributed by atoms with Crippen molar-refractivity contribution in [2.24, 2.45) is 5.92 Å². The monoisotopic (exact) mass is 317 g/mol. The third kappa shape index (κ3) is 4.24. The zero-order valence-corrected chi connectivity index (χ0v) is 14.1. The van der Waals surface area contributed by atoms with Crippen molar-refractivity contribution in [3.8, 4) is 5.75 Å². The zero-order chi connectivity index (χ0) is 16.2. The van der Waals surface area contributed by atoms with Gasteiger partial charge in [0, 0.05) is 45.2 Å². The van der Waals surface area contributed by atoms with Gasteiger partial charge in [-0.1, -0.05) is 12.1 Å². The molecule has 0 unspecified atom stereocenters. The number of rotatable bonds is 6. The number of carbonyl (C=O) groups is 1. The Kier molecular flexibility index (Phi) is 5.18. The predicted molar refractivity (Wildman–Crippen MR) is 90.8 cm³/mol. The molecule has 0 bridgehead atoms. The van der Waals surface area contributed by atoms with Crippen LogP contribution in [0, 0.1) is 5.92 Å². The molecule has 0 aromatic heterocycles. The van der Waals surface area contributed by atoms with Crippen LogP contribution in [-0.4, -0.2) is 69.1 Å². The molecule has 1 N–H and O–H groups in total. The number of hydrogen-bond acceptors (Lipinski definition) is 4. The second kappa shape index (κ2) is 7.32. The molecule has 126 valence electrons. The van der Waals surface area contributed by atoms with Crippen LogP contribution in [0.2, 0.25) is 0 Å². The Morgan fingerprint density at radius 1 is 1.22 bits per heavy atom. The normalized spacial score (nSPS) is 25.1. The highest BCUT2D eigenvalue weighted by molar-refractivity contribution is 5.82. The number of likely N-dealkylation sites (N-methyl/N-ethyl adjacent to an activating group) is 1. The summed E-state index contributed by atoms with van der Waals surface area (Å²) >= 11 is 0. The molecular weight excluding hydrogens is 290 g/mol. The van der Waals surface area contributed by atoms with E-state index >= 15 is 0 Å². The molecule has 1 aliphatic carbocycles. The van der Waals surface area contributed by atoms with Gasteiger partial charge in [0.1, 0.15) is 5.75 Å². The van der Waals surface area contributed by atoms with Gasteiger partial charge in [0.2, 0.25) is 5.91 Å². The molecule has 23 heavy (non-hydrogen) atoms. The first-order chi connectivity index (χ1) is 11.2. The van der Waals surface area contributed by atoms with Crippen LogP contribution >= 0.6 is 0 Å². The van der Waals surface area contributed by atoms with Gasteiger partial charge in [0.15, 0.2) is 0 Å². The van der Waals surface area contributed by atoms with Crippen molar-refractivity contribution in [2.45, 2.75) is 12.3 Å². The van der Waals surface area contributed by atoms with Crippen molar-refractivity contribution in [3.05, 3.63) is 29.8 Å². The average Bonchev–Trinajstić information content (AvgIpc) is 3.37. The molecule has 2 atom stereocenters. The fourth-order valence-corrected chi connectivity index (χ4v) is 3.24. The molecule has 1 aromatic rings. The Hall–Kier alpha value is -1.59. The topological polar surface area (TPSA) is 44.8 Å². The van der Waals surface area contributed by atoms with Gasteiger partial charge in [-0.2, -0.15) is 0 Å². The van der Waals surface area contributed by atoms with E-state index in [0.717, 1.165) is 51.4 Å². The highest BCUT2D eigenvalue weighted by atomic mass is 16.5. The summed E-state index contributed by atoms with van der Waals surface area (Å²) in [4.78, 5) is 17.0. The molecular formula is C18H27N3O2. The van der Waals surface area contributed by atoms with Gasteiger partial charge in [-0.05, 0) is 37.1 Å². The second-order valence-corrected chi connectivity index (χ2v) is 6.66. The molecule has 1 heterocycles. The third-order valence-corrected chi connectivity index (χ3v) is 4.99. The first-order valence-electron chi connectivity index (χ1n) is 8.50. The Balaban J connectivity index is 1.38. The lowest BCUT2D eigenvalue weighted by Crippen LogP contribution is -2.47. The van der Waals surface area contributed by atoms with Crippen LogP contribution in [0.25, 0.3) is 0 Å². The van der Waals surface area contributed by atoms with Crippen LogP contribution in [-0.2, 0) is 4.79 Å². The molecule has 1 amide bonds. The Morgan fingerprint density at radius 3 is 2.57 bits per heavy atom. The minimum absolute atomic E-state index is 0.149. The Bertz CT molecular complexity index is 524. The van der Waals surface area contributed by atoms with Crippen LogP contribution < -0.4 is 10.1 Å². The summed E-state index contributed by atoms with van der Waals surface area (Å²) in [5.41, 5.74) is 1.24. The number of nitrogens with zero attached hydrogens (tertiary/aromatic N) is 2. The maximum atomic E-state index is 12.2. The summed E-state index contributed by atoms with van der Waals surface area (Å²) in [5, 5.41) is 3.11. The largest absolute Gasteiger partial charge is 0.497 e. The fraction of sp³-hybridized carbons (Fsp3) is 0.611. The number of carbonyl (C=O) groups excluding carboxylic acids is 1. The lowest BCUT2D eigenvalue weighted by atomic mass is 10.1. The van der Waals surface area contributed by atoms with Crippen LogP contribution in [0.4, 0.5) is 0 Å². The van der Waals surface area contributed by atoms with Crippen LogP contribution in [0.3, 0.4) is 0 Å². The van der Waals surface area contributed by atoms with E-state index in [1.807, 2.05) is 12.1 Å². The first kappa shape index (κ1) is 16.3. The number of amides is 1. The Labute approximate surface area is 138 Å². The lowest BCUT2D eigenvalue weighted by molar-refractivity contribution is -0.122. The first-order valence-corrected chi connectivity index (χ1v) is 8.50. The number of piperazine rings is 1. The van der Waals surface area contributed by atoms with Gasteiger partial charge in [-0.15, -0.1) is 0 Å². The predicted octanol–water partition coefficient (Wildman–Crippen LogP) is 1.16. The molecule has 1 aliphatic heterocycles. The number of benzene rings is 1. The average molecular weight is 317 g/mol. The molecule has 1 saturated carbocycles. The molecule has 5 heteroatoms. The molecule has 5 nitrogen and oxygen atoms in total. The van der Waals surface area contributed by atoms with Crippen molar-refractivity contribution in [2.75, 3.05) is 53.4 Å². The summed E-state index contributed by atoms with van der Waals surface area (Å²) in [7, 11) is 3.83. The highest BCUT2D eigenvalue weighted by Crippen LogP contribution is 2.47. The summed E-state index contributed by atoms with van der Waals surface area (Å²) < 4.78 is 5.17. The van der Waals surface area contributed by atoms with E-state index in [9.17, 15) is 4.79 Å². The van der Waals surface area contributed by atoms with Gasteiger partial charge in [0.05, 0.1) is 7.11 Å². The SMILES string of the molecule is COc1ccc([C@H]2C[C@H]2C(=O)NCCN2CCN(C)CC2)cc1. The third-order valence-electron chi connectivity index (χ3n) is 4.99. The zero-order valence-electron chi connectivity index (χ0n) is 14.1. The van der Waals surface area contributed by atoms with Crippen LogP contribution in [0.5, 0.6) is 5.75 Å². The van der Waals surface area contributed by atoms with Crippen LogP contribution in [0.15, 0.2) is 24.3 Å². The molecule has 2 fully saturated rings. The van der Waals surface area contributed by atoms with Crippen molar-refractivity contribution in [1.82, 2.24) is 15.1 Å². The van der Waals surface area contributed by atoms with E-state index in [-0.39, 0.29) is 11.8 Å². The van der Waals surface area contributed by atoms with E-state index < -0.39 is 0 Å². The molecule has 1 aromatic carbocycles. The van der Waals surface area contributed by atoms with Crippen LogP contribution in [0.1, 0.15) is 17.9 Å². The minimum Gasteiger partial charge on any atom is -0.497 e. The van der Waals surface area contributed by atoms with E-state index in [2.05, 4.69) is 34.3 Å². The summed E-state index contributed by atoms with van der Waals surface area (Å²) in [6.07, 6.45) is 0.965. The number of ether oxygens (including phenoxy) is 1. The van der Waals surface area contributed by atoms with Crippen molar-refractivity contribution < 1.29 is 9.53 Å². The minimum atomic E-state index is 0.149. The van der Waals surface area contributed by atoms with E-state index in [1.54, 1.807) is 7.11 Å². The van der Waals surface area contributed by atoms with Gasteiger partial charge >= 0.3 is 0 Å². The van der Waals surface area contributed by atoms with E-state index in [4.69, 9.17) is 4.74 Å². The molecule has 2 aliphatic rings. The summed E-state index contributed by atoms with van der Waals surface area (Å²) in [5.74, 6) is 1.60. The standard InChI is InChI=1S/C18H27N3O2/c1-20-9-11-21(12-10-20)8-7-19-18(22)17-13-16(17)14-3-5-15(23-2)6-4-14/h3-6,16-17H,7-13H2,1-2H3,(H,19,22)/t16-,17-/m1/s1. The van der Waals surface area contributed by atoms with Gasteiger partial charge in [-0.3, -0.25) is 9.69 Å². The van der Waals surface area contributed by atoms with Crippen molar-refractivity contribution >= 4 is 5.91 Å². The van der Waals surface area contributed by atoms with Gasteiger partial charge < -0.3 is 15.0 Å². The van der Waals surface area contributed by atoms with E-state index in [0.29, 0.717) is 5.92 Å². The Morgan fingerprint density at radius 2 is 1.91 bits per heavy atom. The smallest absolute Gasteiger partial charge is 0.223 e. The molecule has 3 rings (SSSR count). The maximum Gasteiger partial charge on any atom is 0.223 e.